The van der Waals surface area contributed by atoms with Crippen molar-refractivity contribution in [3.63, 3.8) is 0 Å². The molecule has 1 saturated carbocycles. The summed E-state index contributed by atoms with van der Waals surface area (Å²) in [5, 5.41) is 2.73. The van der Waals surface area contributed by atoms with Gasteiger partial charge in [0.15, 0.2) is 6.10 Å². The lowest BCUT2D eigenvalue weighted by atomic mass is 10.1. The van der Waals surface area contributed by atoms with Gasteiger partial charge in [-0.1, -0.05) is 18.6 Å². The van der Waals surface area contributed by atoms with Gasteiger partial charge in [0.1, 0.15) is 11.6 Å². The molecule has 0 bridgehead atoms. The number of carbonyl (C=O) groups excluding carboxylic acids is 4. The first-order chi connectivity index (χ1) is 16.0. The summed E-state index contributed by atoms with van der Waals surface area (Å²) in [6.07, 6.45) is 6.03. The number of nitrogens with two attached hydrogens (primary N) is 1. The van der Waals surface area contributed by atoms with Crippen molar-refractivity contribution in [2.24, 2.45) is 11.7 Å². The maximum absolute atomic E-state index is 13.3. The van der Waals surface area contributed by atoms with Crippen molar-refractivity contribution in [3.8, 4) is 0 Å². The Morgan fingerprint density at radius 2 is 1.94 bits per heavy atom. The van der Waals surface area contributed by atoms with Gasteiger partial charge >= 0.3 is 16.3 Å². The van der Waals surface area contributed by atoms with Crippen molar-refractivity contribution in [1.29, 1.82) is 0 Å². The van der Waals surface area contributed by atoms with Crippen molar-refractivity contribution in [3.05, 3.63) is 12.2 Å². The van der Waals surface area contributed by atoms with Crippen molar-refractivity contribution in [1.82, 2.24) is 19.2 Å². The molecule has 190 valence electrons. The summed E-state index contributed by atoms with van der Waals surface area (Å²) in [5.41, 5.74) is 3.74. The van der Waals surface area contributed by atoms with Gasteiger partial charge in [0, 0.05) is 26.6 Å². The highest BCUT2D eigenvalue weighted by molar-refractivity contribution is 7.87. The third kappa shape index (κ3) is 5.69. The van der Waals surface area contributed by atoms with Crippen molar-refractivity contribution in [2.75, 3.05) is 20.6 Å². The van der Waals surface area contributed by atoms with Crippen molar-refractivity contribution < 1.29 is 32.3 Å². The summed E-state index contributed by atoms with van der Waals surface area (Å²) in [7, 11) is -1.47. The molecule has 4 atom stereocenters. The van der Waals surface area contributed by atoms with Crippen molar-refractivity contribution in [2.45, 2.75) is 69.1 Å². The summed E-state index contributed by atoms with van der Waals surface area (Å²) in [6.45, 7) is 0.299. The van der Waals surface area contributed by atoms with E-state index in [4.69, 9.17) is 10.5 Å². The molecular weight excluding hydrogens is 466 g/mol. The molecule has 0 radical (unpaired) electrons. The van der Waals surface area contributed by atoms with Gasteiger partial charge in [-0.2, -0.15) is 12.7 Å². The second-order valence-electron chi connectivity index (χ2n) is 9.17. The Hall–Kier alpha value is -2.67. The number of carbonyl (C=O) groups is 4. The highest BCUT2D eigenvalue weighted by atomic mass is 32.2. The maximum atomic E-state index is 13.3. The van der Waals surface area contributed by atoms with Crippen LogP contribution >= 0.6 is 0 Å². The van der Waals surface area contributed by atoms with E-state index >= 15 is 0 Å². The number of amides is 4. The first kappa shape index (κ1) is 25.9. The molecule has 0 aromatic carbocycles. The Morgan fingerprint density at radius 1 is 1.21 bits per heavy atom. The minimum Gasteiger partial charge on any atom is -0.436 e. The molecule has 2 fully saturated rings. The summed E-state index contributed by atoms with van der Waals surface area (Å²) >= 11 is 0. The van der Waals surface area contributed by atoms with E-state index in [0.717, 1.165) is 17.1 Å². The Morgan fingerprint density at radius 3 is 2.62 bits per heavy atom. The molecule has 3 aliphatic rings. The van der Waals surface area contributed by atoms with Crippen LogP contribution in [0.4, 0.5) is 4.79 Å². The first-order valence-electron chi connectivity index (χ1n) is 11.5. The summed E-state index contributed by atoms with van der Waals surface area (Å²) < 4.78 is 32.4. The standard InChI is InChI=1S/C21H33N5O7S/c1-25(2)34(31,32)24-19(29)21-13-14(21)9-6-4-3-5-7-11-16(33-20(22)30)18(28)26-12-8-10-15(26)17(27)23-21/h6,9,14-16H,3-5,7-8,10-13H2,1-2H3,(H2,22,30)(H,23,27)(H,24,29)/b9-6-. The van der Waals surface area contributed by atoms with Crippen LogP contribution in [-0.2, 0) is 29.3 Å². The van der Waals surface area contributed by atoms with Crippen LogP contribution in [0.3, 0.4) is 0 Å². The predicted molar refractivity (Wildman–Crippen MR) is 121 cm³/mol. The van der Waals surface area contributed by atoms with Crippen LogP contribution in [0, 0.1) is 5.92 Å². The number of rotatable bonds is 4. The lowest BCUT2D eigenvalue weighted by molar-refractivity contribution is -0.146. The van der Waals surface area contributed by atoms with Gasteiger partial charge in [-0.15, -0.1) is 0 Å². The van der Waals surface area contributed by atoms with E-state index in [0.29, 0.717) is 38.6 Å². The Balaban J connectivity index is 1.87. The van der Waals surface area contributed by atoms with Gasteiger partial charge in [0.2, 0.25) is 5.91 Å². The normalized spacial score (nSPS) is 31.4. The molecule has 4 unspecified atom stereocenters. The van der Waals surface area contributed by atoms with Gasteiger partial charge in [-0.3, -0.25) is 14.4 Å². The molecule has 0 aromatic rings. The van der Waals surface area contributed by atoms with E-state index in [1.807, 2.05) is 16.9 Å². The zero-order chi connectivity index (χ0) is 25.1. The molecule has 12 nitrogen and oxygen atoms in total. The van der Waals surface area contributed by atoms with Gasteiger partial charge < -0.3 is 20.7 Å². The van der Waals surface area contributed by atoms with Crippen molar-refractivity contribution >= 4 is 34.0 Å². The minimum atomic E-state index is -4.05. The minimum absolute atomic E-state index is 0.248. The van der Waals surface area contributed by atoms with Crippen LogP contribution < -0.4 is 15.8 Å². The van der Waals surface area contributed by atoms with E-state index in [1.54, 1.807) is 0 Å². The third-order valence-electron chi connectivity index (χ3n) is 6.55. The zero-order valence-corrected chi connectivity index (χ0v) is 20.3. The third-order valence-corrected chi connectivity index (χ3v) is 7.95. The summed E-state index contributed by atoms with van der Waals surface area (Å²) in [5.74, 6) is -2.23. The molecule has 0 spiro atoms. The Kier molecular flexibility index (Phi) is 7.86. The number of hydrogen-bond donors (Lipinski definition) is 3. The monoisotopic (exact) mass is 499 g/mol. The largest absolute Gasteiger partial charge is 0.436 e. The van der Waals surface area contributed by atoms with E-state index in [1.165, 1.54) is 19.0 Å². The fourth-order valence-corrected chi connectivity index (χ4v) is 5.07. The van der Waals surface area contributed by atoms with Gasteiger partial charge in [0.05, 0.1) is 0 Å². The van der Waals surface area contributed by atoms with Crippen LogP contribution in [0.25, 0.3) is 0 Å². The Bertz CT molecular complexity index is 967. The highest BCUT2D eigenvalue weighted by Gasteiger charge is 2.61. The van der Waals surface area contributed by atoms with E-state index in [9.17, 15) is 27.6 Å². The lowest BCUT2D eigenvalue weighted by Gasteiger charge is -2.29. The first-order valence-corrected chi connectivity index (χ1v) is 12.9. The number of nitrogens with zero attached hydrogens (tertiary/aromatic N) is 2. The summed E-state index contributed by atoms with van der Waals surface area (Å²) in [6, 6.07) is -0.864. The van der Waals surface area contributed by atoms with Crippen LogP contribution in [0.15, 0.2) is 12.2 Å². The fourth-order valence-electron chi connectivity index (χ4n) is 4.47. The molecule has 4 N–H and O–H groups in total. The lowest BCUT2D eigenvalue weighted by Crippen LogP contribution is -2.58. The smallest absolute Gasteiger partial charge is 0.405 e. The molecule has 1 aliphatic carbocycles. The second kappa shape index (κ2) is 10.3. The molecule has 2 aliphatic heterocycles. The van der Waals surface area contributed by atoms with Crippen LogP contribution in [-0.4, -0.2) is 79.8 Å². The van der Waals surface area contributed by atoms with E-state index in [-0.39, 0.29) is 12.3 Å². The van der Waals surface area contributed by atoms with Crippen LogP contribution in [0.2, 0.25) is 0 Å². The van der Waals surface area contributed by atoms with Gasteiger partial charge in [0.25, 0.3) is 11.8 Å². The SMILES string of the molecule is CN(C)S(=O)(=O)NC(=O)C12CC1/C=C\CCCCCC(OC(N)=O)C(=O)N1CCCC1C(=O)N2. The molecule has 2 heterocycles. The number of ether oxygens (including phenoxy) is 1. The topological polar surface area (TPSA) is 168 Å². The zero-order valence-electron chi connectivity index (χ0n) is 19.5. The Labute approximate surface area is 199 Å². The predicted octanol–water partition coefficient (Wildman–Crippen LogP) is -0.241. The van der Waals surface area contributed by atoms with Crippen LogP contribution in [0.5, 0.6) is 0 Å². The maximum Gasteiger partial charge on any atom is 0.405 e. The summed E-state index contributed by atoms with van der Waals surface area (Å²) in [4.78, 5) is 52.2. The fraction of sp³-hybridized carbons (Fsp3) is 0.714. The van der Waals surface area contributed by atoms with Gasteiger partial charge in [-0.25, -0.2) is 9.52 Å². The molecular formula is C21H33N5O7S. The molecule has 34 heavy (non-hydrogen) atoms. The number of fused-ring (bicyclic) bond motifs is 2. The average molecular weight is 500 g/mol. The number of allylic oxidation sites excluding steroid dienone is 1. The molecule has 0 aromatic heterocycles. The molecule has 3 rings (SSSR count). The molecule has 4 amide bonds. The molecule has 13 heteroatoms. The quantitative estimate of drug-likeness (QED) is 0.448. The number of primary amides is 1. The highest BCUT2D eigenvalue weighted by Crippen LogP contribution is 2.45. The second-order valence-corrected chi connectivity index (χ2v) is 11.1. The molecule has 1 saturated heterocycles. The number of nitrogens with one attached hydrogen (secondary N) is 2. The van der Waals surface area contributed by atoms with E-state index in [2.05, 4.69) is 5.32 Å². The van der Waals surface area contributed by atoms with Gasteiger partial charge in [-0.05, 0) is 44.9 Å². The van der Waals surface area contributed by atoms with E-state index < -0.39 is 51.7 Å². The number of hydrogen-bond acceptors (Lipinski definition) is 7. The van der Waals surface area contributed by atoms with Crippen LogP contribution in [0.1, 0.15) is 51.4 Å². The average Bonchev–Trinajstić information content (AvgIpc) is 3.21.